The molecular weight excluding hydrogens is 360 g/mol. The zero-order valence-corrected chi connectivity index (χ0v) is 16.8. The van der Waals surface area contributed by atoms with E-state index in [1.807, 2.05) is 12.3 Å². The molecule has 0 fully saturated rings. The van der Waals surface area contributed by atoms with Crippen LogP contribution in [0.3, 0.4) is 0 Å². The molecule has 146 valence electrons. The van der Waals surface area contributed by atoms with Crippen LogP contribution in [0.5, 0.6) is 0 Å². The maximum atomic E-state index is 11.8. The third-order valence-corrected chi connectivity index (χ3v) is 6.78. The van der Waals surface area contributed by atoms with Gasteiger partial charge in [-0.1, -0.05) is 6.07 Å². The van der Waals surface area contributed by atoms with Gasteiger partial charge in [-0.2, -0.15) is 5.10 Å². The lowest BCUT2D eigenvalue weighted by molar-refractivity contribution is 0.357. The van der Waals surface area contributed by atoms with Gasteiger partial charge < -0.3 is 5.32 Å². The third kappa shape index (κ3) is 3.68. The number of nitrogens with one attached hydrogen (secondary N) is 1. The number of primary sulfonamides is 1. The zero-order chi connectivity index (χ0) is 19.2. The fourth-order valence-corrected chi connectivity index (χ4v) is 5.07. The maximum Gasteiger partial charge on any atom is 0.238 e. The van der Waals surface area contributed by atoms with Crippen molar-refractivity contribution in [3.63, 3.8) is 0 Å². The van der Waals surface area contributed by atoms with Gasteiger partial charge in [0.05, 0.1) is 11.1 Å². The molecule has 3 N–H and O–H groups in total. The molecule has 0 radical (unpaired) electrons. The van der Waals surface area contributed by atoms with E-state index in [4.69, 9.17) is 5.14 Å². The van der Waals surface area contributed by atoms with E-state index in [0.717, 1.165) is 44.1 Å². The van der Waals surface area contributed by atoms with Crippen LogP contribution in [0.25, 0.3) is 0 Å². The lowest BCUT2D eigenvalue weighted by Crippen LogP contribution is -2.39. The minimum absolute atomic E-state index is 0.178. The Labute approximate surface area is 161 Å². The van der Waals surface area contributed by atoms with Crippen LogP contribution in [0.4, 0.5) is 0 Å². The molecule has 2 unspecified atom stereocenters. The summed E-state index contributed by atoms with van der Waals surface area (Å²) in [6.07, 6.45) is 8.23. The molecule has 0 amide bonds. The van der Waals surface area contributed by atoms with Gasteiger partial charge in [0.25, 0.3) is 0 Å². The van der Waals surface area contributed by atoms with Gasteiger partial charge in [0.15, 0.2) is 0 Å². The molecule has 0 saturated heterocycles. The van der Waals surface area contributed by atoms with Gasteiger partial charge in [-0.3, -0.25) is 4.68 Å². The van der Waals surface area contributed by atoms with Crippen LogP contribution in [0, 0.1) is 0 Å². The van der Waals surface area contributed by atoms with E-state index < -0.39 is 10.0 Å². The normalized spacial score (nSPS) is 22.5. The van der Waals surface area contributed by atoms with Gasteiger partial charge in [0.1, 0.15) is 0 Å². The van der Waals surface area contributed by atoms with Crippen LogP contribution in [0.2, 0.25) is 0 Å². The molecule has 0 saturated carbocycles. The largest absolute Gasteiger partial charge is 0.307 e. The molecule has 27 heavy (non-hydrogen) atoms. The van der Waals surface area contributed by atoms with Crippen molar-refractivity contribution in [3.05, 3.63) is 46.8 Å². The third-order valence-electron chi connectivity index (χ3n) is 5.87. The van der Waals surface area contributed by atoms with Crippen LogP contribution in [0.15, 0.2) is 29.3 Å². The Kier molecular flexibility index (Phi) is 4.86. The number of sulfonamides is 1. The number of aryl methyl sites for hydroxylation is 2. The molecule has 1 heterocycles. The second-order valence-corrected chi connectivity index (χ2v) is 9.67. The van der Waals surface area contributed by atoms with E-state index in [1.54, 1.807) is 12.1 Å². The number of fused-ring (bicyclic) bond motifs is 2. The van der Waals surface area contributed by atoms with Crippen molar-refractivity contribution in [1.29, 1.82) is 0 Å². The van der Waals surface area contributed by atoms with Crippen molar-refractivity contribution in [1.82, 2.24) is 15.1 Å². The zero-order valence-electron chi connectivity index (χ0n) is 16.0. The average Bonchev–Trinajstić information content (AvgIpc) is 3.04. The molecule has 6 nitrogen and oxygen atoms in total. The summed E-state index contributed by atoms with van der Waals surface area (Å²) in [6, 6.07) is 6.24. The van der Waals surface area contributed by atoms with E-state index in [9.17, 15) is 8.42 Å². The molecule has 1 aromatic heterocycles. The Hall–Kier alpha value is -1.70. The van der Waals surface area contributed by atoms with Crippen LogP contribution in [0.1, 0.15) is 67.6 Å². The highest BCUT2D eigenvalue weighted by molar-refractivity contribution is 7.89. The fourth-order valence-electron chi connectivity index (χ4n) is 4.52. The minimum Gasteiger partial charge on any atom is -0.307 e. The van der Waals surface area contributed by atoms with Crippen LogP contribution >= 0.6 is 0 Å². The number of hydrogen-bond donors (Lipinski definition) is 2. The molecule has 7 heteroatoms. The maximum absolute atomic E-state index is 11.8. The first kappa shape index (κ1) is 18.7. The summed E-state index contributed by atoms with van der Waals surface area (Å²) in [6.45, 7) is 4.33. The number of nitrogens with two attached hydrogens (primary N) is 1. The summed E-state index contributed by atoms with van der Waals surface area (Å²) in [7, 11) is -3.68. The molecule has 0 bridgehead atoms. The summed E-state index contributed by atoms with van der Waals surface area (Å²) in [5, 5.41) is 13.7. The van der Waals surface area contributed by atoms with Gasteiger partial charge in [-0.25, -0.2) is 13.6 Å². The lowest BCUT2D eigenvalue weighted by atomic mass is 9.85. The second-order valence-electron chi connectivity index (χ2n) is 8.11. The number of rotatable bonds is 4. The SMILES string of the molecule is CC(C)n1ncc2c1CC(NC1CCCc3ccc(S(N)(=O)=O)cc31)CC2. The molecular formula is C20H28N4O2S. The highest BCUT2D eigenvalue weighted by Crippen LogP contribution is 2.33. The first-order valence-corrected chi connectivity index (χ1v) is 11.3. The first-order valence-electron chi connectivity index (χ1n) is 9.80. The van der Waals surface area contributed by atoms with Gasteiger partial charge in [0, 0.05) is 30.2 Å². The van der Waals surface area contributed by atoms with Crippen LogP contribution in [-0.2, 0) is 29.3 Å². The van der Waals surface area contributed by atoms with Gasteiger partial charge in [-0.05, 0) is 74.8 Å². The van der Waals surface area contributed by atoms with Gasteiger partial charge in [0.2, 0.25) is 10.0 Å². The average molecular weight is 389 g/mol. The number of hydrogen-bond acceptors (Lipinski definition) is 4. The minimum atomic E-state index is -3.68. The number of nitrogens with zero attached hydrogens (tertiary/aromatic N) is 2. The molecule has 2 aliphatic rings. The molecule has 4 rings (SSSR count). The second kappa shape index (κ2) is 7.04. The smallest absolute Gasteiger partial charge is 0.238 e. The molecule has 2 aliphatic carbocycles. The van der Waals surface area contributed by atoms with Crippen LogP contribution < -0.4 is 10.5 Å². The Morgan fingerprint density at radius 2 is 2.04 bits per heavy atom. The van der Waals surface area contributed by atoms with Crippen molar-refractivity contribution in [3.8, 4) is 0 Å². The summed E-state index contributed by atoms with van der Waals surface area (Å²) < 4.78 is 25.7. The van der Waals surface area contributed by atoms with E-state index in [1.165, 1.54) is 16.8 Å². The standard InChI is InChI=1S/C20H28N4O2S/c1-13(2)24-20-10-16(8-6-15(20)12-22-24)23-19-5-3-4-14-7-9-17(11-18(14)19)27(21,25)26/h7,9,11-13,16,19,23H,3-6,8,10H2,1-2H3,(H2,21,25,26). The van der Waals surface area contributed by atoms with Crippen molar-refractivity contribution >= 4 is 10.0 Å². The predicted molar refractivity (Wildman–Crippen MR) is 105 cm³/mol. The summed E-state index contributed by atoms with van der Waals surface area (Å²) in [5.74, 6) is 0. The fraction of sp³-hybridized carbons (Fsp3) is 0.550. The van der Waals surface area contributed by atoms with Gasteiger partial charge >= 0.3 is 0 Å². The van der Waals surface area contributed by atoms with E-state index in [-0.39, 0.29) is 10.9 Å². The Morgan fingerprint density at radius 1 is 1.22 bits per heavy atom. The summed E-state index contributed by atoms with van der Waals surface area (Å²) >= 11 is 0. The monoisotopic (exact) mass is 388 g/mol. The highest BCUT2D eigenvalue weighted by Gasteiger charge is 2.28. The lowest BCUT2D eigenvalue weighted by Gasteiger charge is -2.33. The Balaban J connectivity index is 1.57. The molecule has 0 aliphatic heterocycles. The summed E-state index contributed by atoms with van der Waals surface area (Å²) in [4.78, 5) is 0.207. The number of aromatic nitrogens is 2. The van der Waals surface area contributed by atoms with Crippen molar-refractivity contribution < 1.29 is 8.42 Å². The Bertz CT molecular complexity index is 949. The van der Waals surface area contributed by atoms with Crippen molar-refractivity contribution in [2.75, 3.05) is 0 Å². The molecule has 2 aromatic rings. The Morgan fingerprint density at radius 3 is 2.78 bits per heavy atom. The molecule has 1 aromatic carbocycles. The van der Waals surface area contributed by atoms with E-state index in [0.29, 0.717) is 12.1 Å². The highest BCUT2D eigenvalue weighted by atomic mass is 32.2. The molecule has 0 spiro atoms. The van der Waals surface area contributed by atoms with Crippen molar-refractivity contribution in [2.45, 2.75) is 75.4 Å². The van der Waals surface area contributed by atoms with E-state index in [2.05, 4.69) is 28.9 Å². The topological polar surface area (TPSA) is 90.0 Å². The summed E-state index contributed by atoms with van der Waals surface area (Å²) in [5.41, 5.74) is 5.02. The molecule has 2 atom stereocenters. The van der Waals surface area contributed by atoms with E-state index >= 15 is 0 Å². The first-order chi connectivity index (χ1) is 12.8. The quantitative estimate of drug-likeness (QED) is 0.842. The van der Waals surface area contributed by atoms with Gasteiger partial charge in [-0.15, -0.1) is 0 Å². The van der Waals surface area contributed by atoms with Crippen molar-refractivity contribution in [2.24, 2.45) is 5.14 Å². The number of benzene rings is 1. The van der Waals surface area contributed by atoms with Crippen LogP contribution in [-0.4, -0.2) is 24.2 Å². The predicted octanol–water partition coefficient (Wildman–Crippen LogP) is 2.64.